The molecule has 0 bridgehead atoms. The molecule has 1 aliphatic heterocycles. The third-order valence-corrected chi connectivity index (χ3v) is 7.48. The zero-order valence-electron chi connectivity index (χ0n) is 11.7. The Kier molecular flexibility index (Phi) is 6.20. The summed E-state index contributed by atoms with van der Waals surface area (Å²) in [5.74, 6) is 0. The van der Waals surface area contributed by atoms with Gasteiger partial charge in [-0.2, -0.15) is 9.57 Å². The van der Waals surface area contributed by atoms with Crippen molar-refractivity contribution in [1.82, 2.24) is 9.21 Å². The number of rotatable bonds is 6. The number of hydrogen-bond acceptors (Lipinski definition) is 5. The van der Waals surface area contributed by atoms with Crippen LogP contribution in [0, 0.1) is 11.3 Å². The Hall–Kier alpha value is -0.460. The standard InChI is InChI=1S/C13H18BrN3O2S2/c14-12-4-5-13(20-12)21(18,19)17-10-8-16(9-11-17)7-3-1-2-6-15/h4-5H,1-3,7-11H2. The molecule has 0 atom stereocenters. The second-order valence-corrected chi connectivity index (χ2v) is 9.55. The van der Waals surface area contributed by atoms with Crippen molar-refractivity contribution >= 4 is 37.3 Å². The van der Waals surface area contributed by atoms with Crippen LogP contribution in [0.3, 0.4) is 0 Å². The van der Waals surface area contributed by atoms with E-state index in [1.54, 1.807) is 16.4 Å². The van der Waals surface area contributed by atoms with Crippen molar-refractivity contribution in [2.45, 2.75) is 23.5 Å². The van der Waals surface area contributed by atoms with Gasteiger partial charge < -0.3 is 4.90 Å². The molecule has 0 spiro atoms. The van der Waals surface area contributed by atoms with Crippen molar-refractivity contribution in [2.24, 2.45) is 0 Å². The number of nitriles is 1. The number of thiophene rings is 1. The lowest BCUT2D eigenvalue weighted by molar-refractivity contribution is 0.186. The quantitative estimate of drug-likeness (QED) is 0.698. The van der Waals surface area contributed by atoms with Crippen LogP contribution < -0.4 is 0 Å². The number of hydrogen-bond donors (Lipinski definition) is 0. The molecule has 0 radical (unpaired) electrons. The van der Waals surface area contributed by atoms with Crippen LogP contribution in [0.2, 0.25) is 0 Å². The Morgan fingerprint density at radius 2 is 1.95 bits per heavy atom. The summed E-state index contributed by atoms with van der Waals surface area (Å²) in [7, 11) is -3.34. The van der Waals surface area contributed by atoms with Gasteiger partial charge in [0, 0.05) is 32.6 Å². The summed E-state index contributed by atoms with van der Waals surface area (Å²) >= 11 is 4.56. The SMILES string of the molecule is N#CCCCCN1CCN(S(=O)(=O)c2ccc(Br)s2)CC1. The minimum atomic E-state index is -3.34. The van der Waals surface area contributed by atoms with Crippen molar-refractivity contribution in [1.29, 1.82) is 5.26 Å². The third kappa shape index (κ3) is 4.50. The Morgan fingerprint density at radius 1 is 1.24 bits per heavy atom. The van der Waals surface area contributed by atoms with Gasteiger partial charge >= 0.3 is 0 Å². The van der Waals surface area contributed by atoms with E-state index >= 15 is 0 Å². The second-order valence-electron chi connectivity index (χ2n) is 4.92. The topological polar surface area (TPSA) is 64.4 Å². The van der Waals surface area contributed by atoms with Crippen LogP contribution in [-0.2, 0) is 10.0 Å². The number of nitrogens with zero attached hydrogens (tertiary/aromatic N) is 3. The smallest absolute Gasteiger partial charge is 0.252 e. The van der Waals surface area contributed by atoms with E-state index in [0.717, 1.165) is 36.3 Å². The maximum absolute atomic E-state index is 12.5. The average molecular weight is 392 g/mol. The Labute approximate surface area is 138 Å². The highest BCUT2D eigenvalue weighted by atomic mass is 79.9. The van der Waals surface area contributed by atoms with E-state index in [4.69, 9.17) is 5.26 Å². The zero-order chi connectivity index (χ0) is 15.3. The second kappa shape index (κ2) is 7.70. The highest BCUT2D eigenvalue weighted by Gasteiger charge is 2.29. The highest BCUT2D eigenvalue weighted by molar-refractivity contribution is 9.11. The molecular formula is C13H18BrN3O2S2. The lowest BCUT2D eigenvalue weighted by atomic mass is 10.2. The molecule has 1 fully saturated rings. The van der Waals surface area contributed by atoms with E-state index in [0.29, 0.717) is 23.7 Å². The molecule has 0 amide bonds. The van der Waals surface area contributed by atoms with Gasteiger partial charge in [-0.25, -0.2) is 8.42 Å². The Balaban J connectivity index is 1.85. The lowest BCUT2D eigenvalue weighted by Gasteiger charge is -2.33. The molecule has 2 heterocycles. The van der Waals surface area contributed by atoms with Crippen molar-refractivity contribution in [3.8, 4) is 6.07 Å². The monoisotopic (exact) mass is 391 g/mol. The van der Waals surface area contributed by atoms with E-state index in [9.17, 15) is 8.42 Å². The summed E-state index contributed by atoms with van der Waals surface area (Å²) in [6, 6.07) is 5.56. The van der Waals surface area contributed by atoms with Gasteiger partial charge in [0.05, 0.1) is 9.86 Å². The minimum Gasteiger partial charge on any atom is -0.301 e. The molecule has 1 aliphatic rings. The van der Waals surface area contributed by atoms with Gasteiger partial charge in [0.15, 0.2) is 0 Å². The maximum Gasteiger partial charge on any atom is 0.252 e. The molecule has 1 aromatic heterocycles. The average Bonchev–Trinajstić information content (AvgIpc) is 2.91. The minimum absolute atomic E-state index is 0.400. The van der Waals surface area contributed by atoms with Crippen LogP contribution in [0.1, 0.15) is 19.3 Å². The van der Waals surface area contributed by atoms with Gasteiger partial charge in [0.1, 0.15) is 4.21 Å². The Bertz CT molecular complexity index is 601. The van der Waals surface area contributed by atoms with E-state index < -0.39 is 10.0 Å². The number of halogens is 1. The molecule has 0 saturated carbocycles. The van der Waals surface area contributed by atoms with Crippen LogP contribution >= 0.6 is 27.3 Å². The van der Waals surface area contributed by atoms with E-state index in [1.807, 2.05) is 0 Å². The fourth-order valence-corrected chi connectivity index (χ4v) is 5.88. The summed E-state index contributed by atoms with van der Waals surface area (Å²) in [5.41, 5.74) is 0. The molecular weight excluding hydrogens is 374 g/mol. The number of piperazine rings is 1. The first-order valence-electron chi connectivity index (χ1n) is 6.89. The summed E-state index contributed by atoms with van der Waals surface area (Å²) in [6.45, 7) is 3.54. The van der Waals surface area contributed by atoms with Gasteiger partial charge in [-0.05, 0) is 47.4 Å². The van der Waals surface area contributed by atoms with Crippen molar-refractivity contribution in [2.75, 3.05) is 32.7 Å². The van der Waals surface area contributed by atoms with Gasteiger partial charge in [0.25, 0.3) is 10.0 Å². The first-order chi connectivity index (χ1) is 10.0. The summed E-state index contributed by atoms with van der Waals surface area (Å²) in [6.07, 6.45) is 2.51. The molecule has 0 aliphatic carbocycles. The fraction of sp³-hybridized carbons (Fsp3) is 0.615. The number of sulfonamides is 1. The maximum atomic E-state index is 12.5. The van der Waals surface area contributed by atoms with E-state index in [2.05, 4.69) is 26.9 Å². The summed E-state index contributed by atoms with van der Waals surface area (Å²) in [5, 5.41) is 8.50. The zero-order valence-corrected chi connectivity index (χ0v) is 14.9. The molecule has 1 saturated heterocycles. The molecule has 0 N–H and O–H groups in total. The number of unbranched alkanes of at least 4 members (excludes halogenated alkanes) is 2. The van der Waals surface area contributed by atoms with Crippen molar-refractivity contribution in [3.05, 3.63) is 15.9 Å². The molecule has 1 aromatic rings. The van der Waals surface area contributed by atoms with Crippen LogP contribution in [0.25, 0.3) is 0 Å². The normalized spacial score (nSPS) is 17.7. The van der Waals surface area contributed by atoms with Crippen LogP contribution in [0.15, 0.2) is 20.1 Å². The van der Waals surface area contributed by atoms with Crippen LogP contribution in [0.4, 0.5) is 0 Å². The first-order valence-corrected chi connectivity index (χ1v) is 9.94. The molecule has 116 valence electrons. The predicted octanol–water partition coefficient (Wildman–Crippen LogP) is 2.51. The predicted molar refractivity (Wildman–Crippen MR) is 86.7 cm³/mol. The van der Waals surface area contributed by atoms with Gasteiger partial charge in [-0.3, -0.25) is 0 Å². The van der Waals surface area contributed by atoms with Crippen LogP contribution in [0.5, 0.6) is 0 Å². The molecule has 0 unspecified atom stereocenters. The Morgan fingerprint density at radius 3 is 2.52 bits per heavy atom. The molecule has 8 heteroatoms. The van der Waals surface area contributed by atoms with Gasteiger partial charge in [-0.15, -0.1) is 11.3 Å². The van der Waals surface area contributed by atoms with Crippen LogP contribution in [-0.4, -0.2) is 50.3 Å². The van der Waals surface area contributed by atoms with E-state index in [-0.39, 0.29) is 0 Å². The van der Waals surface area contributed by atoms with Crippen molar-refractivity contribution < 1.29 is 8.42 Å². The third-order valence-electron chi connectivity index (χ3n) is 3.49. The summed E-state index contributed by atoms with van der Waals surface area (Å²) < 4.78 is 27.7. The molecule has 5 nitrogen and oxygen atoms in total. The molecule has 21 heavy (non-hydrogen) atoms. The molecule has 0 aromatic carbocycles. The van der Waals surface area contributed by atoms with Gasteiger partial charge in [0.2, 0.25) is 0 Å². The molecule has 2 rings (SSSR count). The van der Waals surface area contributed by atoms with Gasteiger partial charge in [-0.1, -0.05) is 0 Å². The first kappa shape index (κ1) is 16.9. The summed E-state index contributed by atoms with van der Waals surface area (Å²) in [4.78, 5) is 2.27. The largest absolute Gasteiger partial charge is 0.301 e. The fourth-order valence-electron chi connectivity index (χ4n) is 2.30. The van der Waals surface area contributed by atoms with E-state index in [1.165, 1.54) is 11.3 Å². The highest BCUT2D eigenvalue weighted by Crippen LogP contribution is 2.28. The lowest BCUT2D eigenvalue weighted by Crippen LogP contribution is -2.48. The van der Waals surface area contributed by atoms with Crippen molar-refractivity contribution in [3.63, 3.8) is 0 Å².